The van der Waals surface area contributed by atoms with Crippen LogP contribution in [0, 0.1) is 0 Å². The number of nitrogens with one attached hydrogen (secondary N) is 1. The van der Waals surface area contributed by atoms with E-state index in [9.17, 15) is 4.79 Å². The molecule has 0 radical (unpaired) electrons. The van der Waals surface area contributed by atoms with Crippen molar-refractivity contribution in [2.45, 2.75) is 0 Å². The van der Waals surface area contributed by atoms with E-state index in [0.29, 0.717) is 5.76 Å². The molecule has 60 valence electrons. The first kappa shape index (κ1) is 6.91. The number of carbonyl (C=O) groups excluding carboxylic acids is 1. The molecule has 0 saturated heterocycles. The molecule has 12 heavy (non-hydrogen) atoms. The Kier molecular flexibility index (Phi) is 1.37. The van der Waals surface area contributed by atoms with E-state index >= 15 is 0 Å². The van der Waals surface area contributed by atoms with Crippen molar-refractivity contribution in [2.24, 2.45) is 0 Å². The van der Waals surface area contributed by atoms with Crippen LogP contribution in [0.5, 0.6) is 0 Å². The number of para-hydroxylation sites is 1. The third-order valence-electron chi connectivity index (χ3n) is 1.68. The monoisotopic (exact) mass is 161 g/mol. The van der Waals surface area contributed by atoms with Crippen molar-refractivity contribution in [3.05, 3.63) is 36.4 Å². The molecule has 2 rings (SSSR count). The van der Waals surface area contributed by atoms with E-state index in [1.165, 1.54) is 0 Å². The van der Waals surface area contributed by atoms with Gasteiger partial charge in [-0.1, -0.05) is 18.7 Å². The molecular formula is C9H7NO2. The lowest BCUT2D eigenvalue weighted by molar-refractivity contribution is 0.206. The smallest absolute Gasteiger partial charge is 0.410 e. The lowest BCUT2D eigenvalue weighted by atomic mass is 10.1. The fraction of sp³-hybridized carbons (Fsp3) is 0. The Labute approximate surface area is 69.7 Å². The molecule has 3 nitrogen and oxygen atoms in total. The summed E-state index contributed by atoms with van der Waals surface area (Å²) in [6.45, 7) is 3.62. The van der Waals surface area contributed by atoms with Crippen LogP contribution in [0.4, 0.5) is 10.5 Å². The Morgan fingerprint density at radius 3 is 2.92 bits per heavy atom. The summed E-state index contributed by atoms with van der Waals surface area (Å²) in [7, 11) is 0. The Bertz CT molecular complexity index is 357. The fourth-order valence-corrected chi connectivity index (χ4v) is 1.14. The highest BCUT2D eigenvalue weighted by Crippen LogP contribution is 2.27. The predicted molar refractivity (Wildman–Crippen MR) is 45.6 cm³/mol. The Balaban J connectivity index is 2.54. The summed E-state index contributed by atoms with van der Waals surface area (Å²) in [5, 5.41) is 2.57. The number of benzene rings is 1. The number of carbonyl (C=O) groups is 1. The number of ether oxygens (including phenoxy) is 1. The third kappa shape index (κ3) is 0.955. The van der Waals surface area contributed by atoms with E-state index in [1.807, 2.05) is 18.2 Å². The van der Waals surface area contributed by atoms with Gasteiger partial charge in [-0.3, -0.25) is 5.32 Å². The van der Waals surface area contributed by atoms with Gasteiger partial charge in [0.1, 0.15) is 5.76 Å². The van der Waals surface area contributed by atoms with Gasteiger partial charge in [0.25, 0.3) is 0 Å². The lowest BCUT2D eigenvalue weighted by Crippen LogP contribution is -2.18. The number of cyclic esters (lactones) is 1. The second-order valence-electron chi connectivity index (χ2n) is 2.48. The largest absolute Gasteiger partial charge is 0.417 e. The summed E-state index contributed by atoms with van der Waals surface area (Å²) < 4.78 is 4.77. The van der Waals surface area contributed by atoms with E-state index in [0.717, 1.165) is 11.3 Å². The van der Waals surface area contributed by atoms with Gasteiger partial charge in [0.2, 0.25) is 0 Å². The molecule has 0 spiro atoms. The quantitative estimate of drug-likeness (QED) is 0.633. The highest BCUT2D eigenvalue weighted by Gasteiger charge is 2.17. The van der Waals surface area contributed by atoms with Crippen LogP contribution in [0.25, 0.3) is 5.76 Å². The first-order chi connectivity index (χ1) is 5.77. The van der Waals surface area contributed by atoms with Crippen molar-refractivity contribution in [1.82, 2.24) is 0 Å². The highest BCUT2D eigenvalue weighted by atomic mass is 16.6. The summed E-state index contributed by atoms with van der Waals surface area (Å²) >= 11 is 0. The lowest BCUT2D eigenvalue weighted by Gasteiger charge is -2.17. The maximum atomic E-state index is 10.8. The summed E-state index contributed by atoms with van der Waals surface area (Å²) in [6.07, 6.45) is -0.473. The van der Waals surface area contributed by atoms with Gasteiger partial charge >= 0.3 is 6.09 Å². The van der Waals surface area contributed by atoms with Crippen LogP contribution in [0.3, 0.4) is 0 Å². The average Bonchev–Trinajstić information content (AvgIpc) is 2.04. The number of anilines is 1. The first-order valence-corrected chi connectivity index (χ1v) is 3.54. The van der Waals surface area contributed by atoms with Crippen LogP contribution in [0.2, 0.25) is 0 Å². The number of rotatable bonds is 0. The van der Waals surface area contributed by atoms with Crippen molar-refractivity contribution >= 4 is 17.5 Å². The van der Waals surface area contributed by atoms with Crippen LogP contribution >= 0.6 is 0 Å². The third-order valence-corrected chi connectivity index (χ3v) is 1.68. The minimum Gasteiger partial charge on any atom is -0.410 e. The summed E-state index contributed by atoms with van der Waals surface area (Å²) in [5.74, 6) is 0.398. The number of hydrogen-bond acceptors (Lipinski definition) is 2. The standard InChI is InChI=1S/C9H7NO2/c1-6-7-4-2-3-5-8(7)10-9(11)12-6/h2-5H,1H2,(H,10,11). The minimum atomic E-state index is -0.473. The zero-order valence-electron chi connectivity index (χ0n) is 6.33. The molecule has 1 N–H and O–H groups in total. The molecule has 1 aromatic rings. The van der Waals surface area contributed by atoms with Crippen LogP contribution in [0.1, 0.15) is 5.56 Å². The van der Waals surface area contributed by atoms with Crippen LogP contribution in [0.15, 0.2) is 30.8 Å². The highest BCUT2D eigenvalue weighted by molar-refractivity contribution is 5.96. The molecule has 3 heteroatoms. The molecule has 0 aromatic heterocycles. The number of amides is 1. The van der Waals surface area contributed by atoms with Crippen molar-refractivity contribution in [1.29, 1.82) is 0 Å². The number of fused-ring (bicyclic) bond motifs is 1. The topological polar surface area (TPSA) is 38.3 Å². The van der Waals surface area contributed by atoms with E-state index in [-0.39, 0.29) is 0 Å². The predicted octanol–water partition coefficient (Wildman–Crippen LogP) is 2.22. The Morgan fingerprint density at radius 1 is 1.33 bits per heavy atom. The van der Waals surface area contributed by atoms with Gasteiger partial charge in [0.05, 0.1) is 5.69 Å². The first-order valence-electron chi connectivity index (χ1n) is 3.54. The van der Waals surface area contributed by atoms with Gasteiger partial charge in [-0.2, -0.15) is 0 Å². The summed E-state index contributed by atoms with van der Waals surface area (Å²) in [4.78, 5) is 10.8. The second kappa shape index (κ2) is 2.37. The van der Waals surface area contributed by atoms with Crippen molar-refractivity contribution < 1.29 is 9.53 Å². The molecule has 1 aliphatic heterocycles. The molecule has 0 atom stereocenters. The molecular weight excluding hydrogens is 154 g/mol. The molecule has 1 aromatic carbocycles. The minimum absolute atomic E-state index is 0.398. The molecule has 0 saturated carbocycles. The Morgan fingerprint density at radius 2 is 2.08 bits per heavy atom. The van der Waals surface area contributed by atoms with Crippen LogP contribution in [-0.2, 0) is 4.74 Å². The van der Waals surface area contributed by atoms with Crippen molar-refractivity contribution in [2.75, 3.05) is 5.32 Å². The second-order valence-corrected chi connectivity index (χ2v) is 2.48. The van der Waals surface area contributed by atoms with Gasteiger partial charge in [-0.25, -0.2) is 4.79 Å². The molecule has 1 aliphatic rings. The van der Waals surface area contributed by atoms with Crippen LogP contribution < -0.4 is 5.32 Å². The van der Waals surface area contributed by atoms with E-state index in [1.54, 1.807) is 6.07 Å². The van der Waals surface area contributed by atoms with Crippen molar-refractivity contribution in [3.63, 3.8) is 0 Å². The van der Waals surface area contributed by atoms with Gasteiger partial charge < -0.3 is 4.74 Å². The SMILES string of the molecule is C=C1OC(=O)Nc2ccccc21. The Hall–Kier alpha value is -1.77. The number of hydrogen-bond donors (Lipinski definition) is 1. The molecule has 0 unspecified atom stereocenters. The van der Waals surface area contributed by atoms with Gasteiger partial charge in [0.15, 0.2) is 0 Å². The van der Waals surface area contributed by atoms with Gasteiger partial charge in [-0.05, 0) is 12.1 Å². The van der Waals surface area contributed by atoms with Gasteiger partial charge in [0, 0.05) is 5.56 Å². The normalized spacial score (nSPS) is 14.7. The maximum absolute atomic E-state index is 10.8. The molecule has 0 bridgehead atoms. The van der Waals surface area contributed by atoms with Crippen molar-refractivity contribution in [3.8, 4) is 0 Å². The van der Waals surface area contributed by atoms with E-state index in [2.05, 4.69) is 11.9 Å². The fourth-order valence-electron chi connectivity index (χ4n) is 1.14. The zero-order chi connectivity index (χ0) is 8.55. The van der Waals surface area contributed by atoms with E-state index in [4.69, 9.17) is 4.74 Å². The average molecular weight is 161 g/mol. The molecule has 1 amide bonds. The zero-order valence-corrected chi connectivity index (χ0v) is 6.33. The van der Waals surface area contributed by atoms with Gasteiger partial charge in [-0.15, -0.1) is 0 Å². The molecule has 0 fully saturated rings. The summed E-state index contributed by atoms with van der Waals surface area (Å²) in [6, 6.07) is 7.36. The van der Waals surface area contributed by atoms with Crippen LogP contribution in [-0.4, -0.2) is 6.09 Å². The summed E-state index contributed by atoms with van der Waals surface area (Å²) in [5.41, 5.74) is 1.58. The van der Waals surface area contributed by atoms with E-state index < -0.39 is 6.09 Å². The maximum Gasteiger partial charge on any atom is 0.417 e. The molecule has 0 aliphatic carbocycles. The molecule has 1 heterocycles.